The number of hydrogen-bond acceptors (Lipinski definition) is 5. The average Bonchev–Trinajstić information content (AvgIpc) is 3.49. The molecule has 2 aromatic carbocycles. The topological polar surface area (TPSA) is 72.5 Å². The summed E-state index contributed by atoms with van der Waals surface area (Å²) < 4.78 is 13.6. The van der Waals surface area contributed by atoms with E-state index in [9.17, 15) is 4.79 Å². The van der Waals surface area contributed by atoms with E-state index in [4.69, 9.17) is 9.15 Å². The number of nitrogens with one attached hydrogen (secondary N) is 1. The lowest BCUT2D eigenvalue weighted by Gasteiger charge is -2.19. The molecule has 0 saturated carbocycles. The highest BCUT2D eigenvalue weighted by Crippen LogP contribution is 2.21. The largest absolute Gasteiger partial charge is 0.486 e. The van der Waals surface area contributed by atoms with Crippen LogP contribution < -0.4 is 10.1 Å². The fourth-order valence-corrected chi connectivity index (χ4v) is 4.11. The summed E-state index contributed by atoms with van der Waals surface area (Å²) in [5, 5.41) is 2.94. The number of rotatable bonds is 12. The Morgan fingerprint density at radius 1 is 1.03 bits per heavy atom. The van der Waals surface area contributed by atoms with Crippen LogP contribution >= 0.6 is 0 Å². The summed E-state index contributed by atoms with van der Waals surface area (Å²) in [6.45, 7) is 10.3. The second-order valence-corrected chi connectivity index (χ2v) is 8.51. The first kappa shape index (κ1) is 24.5. The van der Waals surface area contributed by atoms with Gasteiger partial charge in [0.1, 0.15) is 18.1 Å². The second kappa shape index (κ2) is 11.7. The van der Waals surface area contributed by atoms with Gasteiger partial charge in [-0.05, 0) is 61.5 Å². The maximum absolute atomic E-state index is 13.0. The van der Waals surface area contributed by atoms with Gasteiger partial charge in [0.15, 0.2) is 5.76 Å². The Labute approximate surface area is 206 Å². The summed E-state index contributed by atoms with van der Waals surface area (Å²) in [5.74, 6) is 1.77. The number of aryl methyl sites for hydroxylation is 1. The van der Waals surface area contributed by atoms with Gasteiger partial charge in [-0.25, -0.2) is 4.98 Å². The van der Waals surface area contributed by atoms with Crippen molar-refractivity contribution in [3.8, 4) is 5.75 Å². The average molecular weight is 475 g/mol. The van der Waals surface area contributed by atoms with Gasteiger partial charge in [0.25, 0.3) is 5.91 Å². The van der Waals surface area contributed by atoms with Crippen molar-refractivity contribution < 1.29 is 13.9 Å². The quantitative estimate of drug-likeness (QED) is 0.283. The first-order chi connectivity index (χ1) is 17.1. The van der Waals surface area contributed by atoms with E-state index in [1.165, 1.54) is 5.56 Å². The number of carbonyl (C=O) groups is 1. The molecule has 4 rings (SSSR count). The molecule has 1 amide bonds. The number of fused-ring (bicyclic) bond motifs is 1. The first-order valence-corrected chi connectivity index (χ1v) is 12.4. The van der Waals surface area contributed by atoms with Gasteiger partial charge in [-0.3, -0.25) is 10.1 Å². The molecule has 0 aliphatic rings. The number of amides is 1. The number of anilines is 1. The smallest absolute Gasteiger partial charge is 0.293 e. The molecular weight excluding hydrogens is 440 g/mol. The van der Waals surface area contributed by atoms with Crippen LogP contribution in [0.4, 0.5) is 5.95 Å². The van der Waals surface area contributed by atoms with Crippen LogP contribution in [0.3, 0.4) is 0 Å². The van der Waals surface area contributed by atoms with Crippen LogP contribution in [-0.4, -0.2) is 40.0 Å². The molecule has 35 heavy (non-hydrogen) atoms. The zero-order valence-electron chi connectivity index (χ0n) is 20.8. The van der Waals surface area contributed by atoms with E-state index in [1.54, 1.807) is 12.1 Å². The summed E-state index contributed by atoms with van der Waals surface area (Å²) in [4.78, 5) is 20.0. The van der Waals surface area contributed by atoms with Crippen LogP contribution in [0.15, 0.2) is 65.1 Å². The van der Waals surface area contributed by atoms with Crippen molar-refractivity contribution in [3.05, 3.63) is 77.7 Å². The van der Waals surface area contributed by atoms with E-state index in [1.807, 2.05) is 36.4 Å². The summed E-state index contributed by atoms with van der Waals surface area (Å²) in [5.41, 5.74) is 3.13. The van der Waals surface area contributed by atoms with Crippen LogP contribution in [-0.2, 0) is 19.6 Å². The molecule has 2 heterocycles. The Bertz CT molecular complexity index is 1240. The lowest BCUT2D eigenvalue weighted by atomic mass is 10.1. The Hall–Kier alpha value is -3.58. The Balaban J connectivity index is 1.42. The minimum Gasteiger partial charge on any atom is -0.486 e. The van der Waals surface area contributed by atoms with Gasteiger partial charge in [-0.1, -0.05) is 51.5 Å². The lowest BCUT2D eigenvalue weighted by molar-refractivity contribution is 0.0991. The molecule has 0 unspecified atom stereocenters. The third kappa shape index (κ3) is 6.11. The zero-order chi connectivity index (χ0) is 24.6. The Morgan fingerprint density at radius 3 is 2.54 bits per heavy atom. The van der Waals surface area contributed by atoms with E-state index in [0.717, 1.165) is 55.8 Å². The molecule has 184 valence electrons. The molecule has 7 heteroatoms. The number of hydrogen-bond donors (Lipinski definition) is 1. The summed E-state index contributed by atoms with van der Waals surface area (Å²) >= 11 is 0. The fourth-order valence-electron chi connectivity index (χ4n) is 4.11. The monoisotopic (exact) mass is 474 g/mol. The maximum Gasteiger partial charge on any atom is 0.293 e. The van der Waals surface area contributed by atoms with Crippen LogP contribution in [0.25, 0.3) is 11.0 Å². The lowest BCUT2D eigenvalue weighted by Crippen LogP contribution is -2.27. The zero-order valence-corrected chi connectivity index (χ0v) is 20.8. The molecule has 2 aromatic heterocycles. The highest BCUT2D eigenvalue weighted by molar-refractivity contribution is 6.02. The van der Waals surface area contributed by atoms with Gasteiger partial charge < -0.3 is 18.6 Å². The number of furan rings is 1. The number of para-hydroxylation sites is 2. The summed E-state index contributed by atoms with van der Waals surface area (Å²) in [6, 6.07) is 19.4. The minimum absolute atomic E-state index is 0.226. The predicted octanol–water partition coefficient (Wildman–Crippen LogP) is 5.75. The summed E-state index contributed by atoms with van der Waals surface area (Å²) in [6.07, 6.45) is 2.17. The van der Waals surface area contributed by atoms with E-state index in [0.29, 0.717) is 11.7 Å². The molecule has 7 nitrogen and oxygen atoms in total. The van der Waals surface area contributed by atoms with Crippen LogP contribution in [0, 0.1) is 0 Å². The Morgan fingerprint density at radius 2 is 1.80 bits per heavy atom. The predicted molar refractivity (Wildman–Crippen MR) is 139 cm³/mol. The number of ether oxygens (including phenoxy) is 1. The van der Waals surface area contributed by atoms with Crippen molar-refractivity contribution in [3.63, 3.8) is 0 Å². The number of likely N-dealkylation sites (N-methyl/N-ethyl adjacent to an activating group) is 1. The van der Waals surface area contributed by atoms with Crippen molar-refractivity contribution in [2.75, 3.05) is 25.0 Å². The number of nitrogens with zero attached hydrogens (tertiary/aromatic N) is 3. The van der Waals surface area contributed by atoms with Gasteiger partial charge in [0.05, 0.1) is 11.0 Å². The maximum atomic E-state index is 13.0. The number of carbonyl (C=O) groups excluding carboxylic acids is 1. The van der Waals surface area contributed by atoms with E-state index >= 15 is 0 Å². The molecular formula is C28H34N4O3. The van der Waals surface area contributed by atoms with E-state index < -0.39 is 0 Å². The van der Waals surface area contributed by atoms with Crippen LogP contribution in [0.5, 0.6) is 5.75 Å². The van der Waals surface area contributed by atoms with E-state index in [-0.39, 0.29) is 18.3 Å². The van der Waals surface area contributed by atoms with Gasteiger partial charge in [-0.15, -0.1) is 0 Å². The molecule has 0 saturated heterocycles. The van der Waals surface area contributed by atoms with Gasteiger partial charge >= 0.3 is 0 Å². The van der Waals surface area contributed by atoms with Crippen molar-refractivity contribution in [2.24, 2.45) is 0 Å². The summed E-state index contributed by atoms with van der Waals surface area (Å²) in [7, 11) is 0. The molecule has 0 spiro atoms. The third-order valence-electron chi connectivity index (χ3n) is 6.14. The van der Waals surface area contributed by atoms with Crippen molar-refractivity contribution >= 4 is 22.9 Å². The SMILES string of the molecule is CCCc1ccc(OCc2ccc(C(=O)Nc3nc4ccccc4n3CCN(CC)CC)o2)cc1. The van der Waals surface area contributed by atoms with Gasteiger partial charge in [0.2, 0.25) is 5.95 Å². The molecule has 0 bridgehead atoms. The molecule has 0 fully saturated rings. The molecule has 0 aliphatic carbocycles. The normalized spacial score (nSPS) is 11.3. The Kier molecular flexibility index (Phi) is 8.21. The fraction of sp³-hybridized carbons (Fsp3) is 0.357. The standard InChI is InChI=1S/C28H34N4O3/c1-4-9-21-12-14-22(15-13-21)34-20-23-16-17-26(35-23)27(33)30-28-29-24-10-7-8-11-25(24)32(28)19-18-31(5-2)6-3/h7-8,10-17H,4-6,9,18-20H2,1-3H3,(H,29,30,33). The highest BCUT2D eigenvalue weighted by Gasteiger charge is 2.17. The van der Waals surface area contributed by atoms with Crippen molar-refractivity contribution in [1.29, 1.82) is 0 Å². The first-order valence-electron chi connectivity index (χ1n) is 12.4. The van der Waals surface area contributed by atoms with Crippen LogP contribution in [0.1, 0.15) is 49.1 Å². The van der Waals surface area contributed by atoms with Crippen molar-refractivity contribution in [1.82, 2.24) is 14.5 Å². The highest BCUT2D eigenvalue weighted by atomic mass is 16.5. The van der Waals surface area contributed by atoms with Gasteiger partial charge in [0, 0.05) is 13.1 Å². The number of aromatic nitrogens is 2. The molecule has 1 N–H and O–H groups in total. The minimum atomic E-state index is -0.334. The molecule has 0 aliphatic heterocycles. The van der Waals surface area contributed by atoms with Crippen LogP contribution in [0.2, 0.25) is 0 Å². The number of benzene rings is 2. The molecule has 4 aromatic rings. The third-order valence-corrected chi connectivity index (χ3v) is 6.14. The second-order valence-electron chi connectivity index (χ2n) is 8.51. The van der Waals surface area contributed by atoms with Crippen molar-refractivity contribution in [2.45, 2.75) is 46.8 Å². The van der Waals surface area contributed by atoms with Gasteiger partial charge in [-0.2, -0.15) is 0 Å². The number of imidazole rings is 1. The van der Waals surface area contributed by atoms with E-state index in [2.05, 4.69) is 52.7 Å². The molecule has 0 atom stereocenters. The molecule has 0 radical (unpaired) electrons.